The molecule has 20 heavy (non-hydrogen) atoms. The van der Waals surface area contributed by atoms with E-state index in [1.165, 1.54) is 18.3 Å². The summed E-state index contributed by atoms with van der Waals surface area (Å²) in [5.41, 5.74) is 1.26. The molecule has 3 rings (SSSR count). The summed E-state index contributed by atoms with van der Waals surface area (Å²) in [6, 6.07) is 11.5. The van der Waals surface area contributed by atoms with Crippen molar-refractivity contribution in [2.24, 2.45) is 0 Å². The molecule has 0 aliphatic heterocycles. The van der Waals surface area contributed by atoms with Crippen LogP contribution in [0.15, 0.2) is 54.9 Å². The van der Waals surface area contributed by atoms with Crippen LogP contribution in [0.5, 0.6) is 0 Å². The number of carbonyl (C=O) groups is 2. The van der Waals surface area contributed by atoms with Gasteiger partial charge in [0.15, 0.2) is 0 Å². The van der Waals surface area contributed by atoms with Crippen LogP contribution in [0, 0.1) is 0 Å². The first-order valence-electron chi connectivity index (χ1n) is 5.97. The Morgan fingerprint density at radius 2 is 1.80 bits per heavy atom. The van der Waals surface area contributed by atoms with Gasteiger partial charge in [-0.3, -0.25) is 9.20 Å². The standard InChI is InChI=1S/C15H10N2O3/c18-14(10-4-2-1-3-5-10)12-8-11(15(19)20)9-13-16-6-7-17(12)13/h1-9H,(H,19,20). The monoisotopic (exact) mass is 266 g/mol. The molecule has 0 unspecified atom stereocenters. The summed E-state index contributed by atoms with van der Waals surface area (Å²) in [4.78, 5) is 27.7. The molecule has 0 amide bonds. The van der Waals surface area contributed by atoms with Crippen LogP contribution in [0.4, 0.5) is 0 Å². The molecule has 2 aromatic heterocycles. The highest BCUT2D eigenvalue weighted by atomic mass is 16.4. The first-order chi connectivity index (χ1) is 9.66. The third-order valence-corrected chi connectivity index (χ3v) is 3.02. The van der Waals surface area contributed by atoms with Gasteiger partial charge < -0.3 is 5.11 Å². The van der Waals surface area contributed by atoms with Crippen molar-refractivity contribution in [2.45, 2.75) is 0 Å². The van der Waals surface area contributed by atoms with E-state index in [-0.39, 0.29) is 17.0 Å². The predicted octanol–water partition coefficient (Wildman–Crippen LogP) is 2.26. The molecule has 1 N–H and O–H groups in total. The van der Waals surface area contributed by atoms with Crippen molar-refractivity contribution in [3.63, 3.8) is 0 Å². The number of aromatic nitrogens is 2. The average molecular weight is 266 g/mol. The van der Waals surface area contributed by atoms with E-state index < -0.39 is 5.97 Å². The lowest BCUT2D eigenvalue weighted by Crippen LogP contribution is -2.10. The average Bonchev–Trinajstić information content (AvgIpc) is 2.94. The number of aromatic carboxylic acids is 1. The fourth-order valence-corrected chi connectivity index (χ4v) is 2.06. The summed E-state index contributed by atoms with van der Waals surface area (Å²) in [6.07, 6.45) is 3.17. The van der Waals surface area contributed by atoms with E-state index in [0.29, 0.717) is 11.2 Å². The molecule has 5 heteroatoms. The number of benzene rings is 1. The molecule has 0 aliphatic rings. The zero-order chi connectivity index (χ0) is 14.1. The molecule has 0 saturated heterocycles. The Bertz CT molecular complexity index is 806. The molecule has 0 fully saturated rings. The van der Waals surface area contributed by atoms with E-state index in [1.807, 2.05) is 6.07 Å². The molecule has 0 saturated carbocycles. The summed E-state index contributed by atoms with van der Waals surface area (Å²) >= 11 is 0. The van der Waals surface area contributed by atoms with Gasteiger partial charge in [-0.05, 0) is 12.1 Å². The Morgan fingerprint density at radius 1 is 1.05 bits per heavy atom. The Hall–Kier alpha value is -2.95. The molecule has 5 nitrogen and oxygen atoms in total. The Labute approximate surface area is 114 Å². The number of hydrogen-bond acceptors (Lipinski definition) is 3. The largest absolute Gasteiger partial charge is 0.478 e. The minimum Gasteiger partial charge on any atom is -0.478 e. The molecular weight excluding hydrogens is 256 g/mol. The maximum atomic E-state index is 12.5. The van der Waals surface area contributed by atoms with Gasteiger partial charge in [0, 0.05) is 18.0 Å². The van der Waals surface area contributed by atoms with Crippen LogP contribution < -0.4 is 0 Å². The highest BCUT2D eigenvalue weighted by Crippen LogP contribution is 2.15. The Kier molecular flexibility index (Phi) is 2.80. The second-order valence-corrected chi connectivity index (χ2v) is 4.29. The first kappa shape index (κ1) is 12.1. The van der Waals surface area contributed by atoms with E-state index in [0.717, 1.165) is 0 Å². The molecule has 0 spiro atoms. The molecule has 0 radical (unpaired) electrons. The summed E-state index contributed by atoms with van der Waals surface area (Å²) in [5, 5.41) is 9.11. The number of hydrogen-bond donors (Lipinski definition) is 1. The lowest BCUT2D eigenvalue weighted by molar-refractivity contribution is 0.0697. The van der Waals surface area contributed by atoms with Crippen LogP contribution in [0.3, 0.4) is 0 Å². The summed E-state index contributed by atoms with van der Waals surface area (Å²) in [6.45, 7) is 0. The quantitative estimate of drug-likeness (QED) is 0.738. The van der Waals surface area contributed by atoms with E-state index in [1.54, 1.807) is 34.9 Å². The normalized spacial score (nSPS) is 10.6. The molecule has 3 aromatic rings. The lowest BCUT2D eigenvalue weighted by atomic mass is 10.1. The van der Waals surface area contributed by atoms with Gasteiger partial charge in [-0.25, -0.2) is 9.78 Å². The molecule has 0 aliphatic carbocycles. The molecule has 2 heterocycles. The fourth-order valence-electron chi connectivity index (χ4n) is 2.06. The van der Waals surface area contributed by atoms with Gasteiger partial charge in [-0.15, -0.1) is 0 Å². The fraction of sp³-hybridized carbons (Fsp3) is 0. The van der Waals surface area contributed by atoms with E-state index in [2.05, 4.69) is 4.98 Å². The van der Waals surface area contributed by atoms with E-state index >= 15 is 0 Å². The smallest absolute Gasteiger partial charge is 0.335 e. The van der Waals surface area contributed by atoms with Crippen LogP contribution in [0.25, 0.3) is 5.65 Å². The first-order valence-corrected chi connectivity index (χ1v) is 5.97. The third-order valence-electron chi connectivity index (χ3n) is 3.02. The summed E-state index contributed by atoms with van der Waals surface area (Å²) in [5.74, 6) is -1.32. The number of pyridine rings is 1. The minimum absolute atomic E-state index is 0.0444. The number of imidazole rings is 1. The van der Waals surface area contributed by atoms with Gasteiger partial charge in [0.25, 0.3) is 0 Å². The summed E-state index contributed by atoms with van der Waals surface area (Å²) in [7, 11) is 0. The summed E-state index contributed by atoms with van der Waals surface area (Å²) < 4.78 is 1.59. The number of carboxylic acids is 1. The number of carbonyl (C=O) groups excluding carboxylic acids is 1. The highest BCUT2D eigenvalue weighted by Gasteiger charge is 2.16. The van der Waals surface area contributed by atoms with Crippen molar-refractivity contribution >= 4 is 17.4 Å². The van der Waals surface area contributed by atoms with Gasteiger partial charge in [0.1, 0.15) is 5.65 Å². The lowest BCUT2D eigenvalue weighted by Gasteiger charge is -2.06. The van der Waals surface area contributed by atoms with Gasteiger partial charge >= 0.3 is 5.97 Å². The number of carboxylic acid groups (broad SMARTS) is 1. The van der Waals surface area contributed by atoms with Crippen LogP contribution in [-0.2, 0) is 0 Å². The predicted molar refractivity (Wildman–Crippen MR) is 72.0 cm³/mol. The molecule has 0 atom stereocenters. The third kappa shape index (κ3) is 1.95. The Morgan fingerprint density at radius 3 is 2.50 bits per heavy atom. The Balaban J connectivity index is 2.22. The molecule has 98 valence electrons. The van der Waals surface area contributed by atoms with Crippen molar-refractivity contribution in [3.05, 3.63) is 71.7 Å². The van der Waals surface area contributed by atoms with Crippen LogP contribution in [0.2, 0.25) is 0 Å². The van der Waals surface area contributed by atoms with Gasteiger partial charge in [0.05, 0.1) is 11.3 Å². The number of rotatable bonds is 3. The number of fused-ring (bicyclic) bond motifs is 1. The minimum atomic E-state index is -1.09. The van der Waals surface area contributed by atoms with E-state index in [4.69, 9.17) is 5.11 Å². The maximum Gasteiger partial charge on any atom is 0.335 e. The zero-order valence-corrected chi connectivity index (χ0v) is 10.4. The topological polar surface area (TPSA) is 71.7 Å². The molecular formula is C15H10N2O3. The number of nitrogens with zero attached hydrogens (tertiary/aromatic N) is 2. The second kappa shape index (κ2) is 4.62. The van der Waals surface area contributed by atoms with Crippen molar-refractivity contribution in [2.75, 3.05) is 0 Å². The SMILES string of the molecule is O=C(O)c1cc(C(=O)c2ccccc2)n2ccnc2c1. The van der Waals surface area contributed by atoms with E-state index in [9.17, 15) is 9.59 Å². The van der Waals surface area contributed by atoms with Crippen molar-refractivity contribution in [3.8, 4) is 0 Å². The van der Waals surface area contributed by atoms with Gasteiger partial charge in [0.2, 0.25) is 5.78 Å². The molecule has 0 bridgehead atoms. The zero-order valence-electron chi connectivity index (χ0n) is 10.4. The molecule has 1 aromatic carbocycles. The van der Waals surface area contributed by atoms with Crippen molar-refractivity contribution < 1.29 is 14.7 Å². The van der Waals surface area contributed by atoms with Gasteiger partial charge in [-0.1, -0.05) is 30.3 Å². The van der Waals surface area contributed by atoms with Gasteiger partial charge in [-0.2, -0.15) is 0 Å². The number of ketones is 1. The maximum absolute atomic E-state index is 12.5. The highest BCUT2D eigenvalue weighted by molar-refractivity contribution is 6.09. The van der Waals surface area contributed by atoms with Crippen LogP contribution >= 0.6 is 0 Å². The van der Waals surface area contributed by atoms with Crippen LogP contribution in [0.1, 0.15) is 26.4 Å². The van der Waals surface area contributed by atoms with Crippen molar-refractivity contribution in [1.82, 2.24) is 9.38 Å². The second-order valence-electron chi connectivity index (χ2n) is 4.29. The van der Waals surface area contributed by atoms with Crippen molar-refractivity contribution in [1.29, 1.82) is 0 Å². The van der Waals surface area contributed by atoms with Crippen LogP contribution in [-0.4, -0.2) is 26.2 Å².